The number of para-hydroxylation sites is 2. The van der Waals surface area contributed by atoms with E-state index in [-0.39, 0.29) is 18.1 Å². The van der Waals surface area contributed by atoms with Gasteiger partial charge in [0.15, 0.2) is 0 Å². The Kier molecular flexibility index (Phi) is 4.14. The van der Waals surface area contributed by atoms with Gasteiger partial charge in [0.2, 0.25) is 6.10 Å². The van der Waals surface area contributed by atoms with Crippen molar-refractivity contribution in [1.29, 1.82) is 0 Å². The number of halogens is 1. The minimum absolute atomic E-state index is 0.0764. The lowest BCUT2D eigenvalue weighted by Gasteiger charge is -2.32. The highest BCUT2D eigenvalue weighted by molar-refractivity contribution is 6.29. The first-order valence-corrected chi connectivity index (χ1v) is 6.24. The van der Waals surface area contributed by atoms with E-state index in [1.807, 2.05) is 0 Å². The van der Waals surface area contributed by atoms with E-state index in [1.54, 1.807) is 24.3 Å². The van der Waals surface area contributed by atoms with Crippen LogP contribution in [0.5, 0.6) is 5.75 Å². The molecular weight excluding hydrogens is 284 g/mol. The molecule has 1 aliphatic heterocycles. The van der Waals surface area contributed by atoms with Gasteiger partial charge in [0.05, 0.1) is 18.8 Å². The molecule has 2 amide bonds. The lowest BCUT2D eigenvalue weighted by molar-refractivity contribution is -0.144. The number of hydrogen-bond donors (Lipinski definition) is 2. The van der Waals surface area contributed by atoms with E-state index in [0.717, 1.165) is 0 Å². The lowest BCUT2D eigenvalue weighted by Crippen LogP contribution is -2.50. The molecule has 0 aromatic heterocycles. The zero-order valence-corrected chi connectivity index (χ0v) is 11.3. The highest BCUT2D eigenvalue weighted by Crippen LogP contribution is 2.33. The molecule has 2 N–H and O–H groups in total. The molecule has 106 valence electrons. The molecule has 0 saturated carbocycles. The highest BCUT2D eigenvalue weighted by Gasteiger charge is 2.33. The Hall–Kier alpha value is -2.21. The Morgan fingerprint density at radius 3 is 2.85 bits per heavy atom. The summed E-state index contributed by atoms with van der Waals surface area (Å²) in [4.78, 5) is 24.5. The van der Waals surface area contributed by atoms with Crippen LogP contribution in [-0.2, 0) is 4.79 Å². The van der Waals surface area contributed by atoms with Gasteiger partial charge in [-0.2, -0.15) is 0 Å². The normalized spacial score (nSPS) is 16.9. The second-order valence-corrected chi connectivity index (χ2v) is 4.73. The topological polar surface area (TPSA) is 78.9 Å². The Morgan fingerprint density at radius 2 is 2.20 bits per heavy atom. The van der Waals surface area contributed by atoms with Crippen molar-refractivity contribution in [1.82, 2.24) is 5.32 Å². The quantitative estimate of drug-likeness (QED) is 0.891. The largest absolute Gasteiger partial charge is 0.478 e. The molecule has 0 radical (unpaired) electrons. The van der Waals surface area contributed by atoms with E-state index >= 15 is 0 Å². The zero-order chi connectivity index (χ0) is 14.7. The number of carboxylic acids is 1. The molecule has 1 unspecified atom stereocenters. The van der Waals surface area contributed by atoms with E-state index in [0.29, 0.717) is 11.4 Å². The van der Waals surface area contributed by atoms with Gasteiger partial charge < -0.3 is 15.2 Å². The first kappa shape index (κ1) is 14.2. The average molecular weight is 297 g/mol. The van der Waals surface area contributed by atoms with Gasteiger partial charge in [-0.3, -0.25) is 4.90 Å². The molecule has 0 bridgehead atoms. The number of fused-ring (bicyclic) bond motifs is 1. The van der Waals surface area contributed by atoms with Gasteiger partial charge in [0.25, 0.3) is 0 Å². The molecule has 2 rings (SSSR count). The maximum absolute atomic E-state index is 12.1. The van der Waals surface area contributed by atoms with Gasteiger partial charge in [0.1, 0.15) is 5.75 Å². The first-order valence-electron chi connectivity index (χ1n) is 5.86. The van der Waals surface area contributed by atoms with Crippen LogP contribution < -0.4 is 15.0 Å². The van der Waals surface area contributed by atoms with Gasteiger partial charge in [-0.25, -0.2) is 9.59 Å². The number of rotatable bonds is 3. The van der Waals surface area contributed by atoms with Crippen molar-refractivity contribution in [3.05, 3.63) is 35.9 Å². The first-order chi connectivity index (χ1) is 9.49. The second-order valence-electron chi connectivity index (χ2n) is 4.20. The average Bonchev–Trinajstić information content (AvgIpc) is 2.43. The maximum atomic E-state index is 12.1. The van der Waals surface area contributed by atoms with Crippen molar-refractivity contribution in [2.75, 3.05) is 18.0 Å². The predicted octanol–water partition coefficient (Wildman–Crippen LogP) is 1.80. The molecule has 7 heteroatoms. The number of carbonyl (C=O) groups excluding carboxylic acids is 1. The number of hydrogen-bond acceptors (Lipinski definition) is 3. The number of aliphatic carboxylic acids is 1. The van der Waals surface area contributed by atoms with Crippen LogP contribution in [0.25, 0.3) is 0 Å². The zero-order valence-electron chi connectivity index (χ0n) is 10.5. The molecule has 1 aromatic rings. The van der Waals surface area contributed by atoms with E-state index in [9.17, 15) is 9.59 Å². The standard InChI is InChI=1S/C13H13ClN2O4/c1-8(14)6-15-13(19)16-7-11(12(17)18)20-10-5-3-2-4-9(10)16/h2-5,11H,1,6-7H2,(H,15,19)(H,17,18). The third-order valence-electron chi connectivity index (χ3n) is 2.73. The van der Waals surface area contributed by atoms with Crippen LogP contribution in [0.15, 0.2) is 35.9 Å². The molecule has 1 atom stereocenters. The van der Waals surface area contributed by atoms with Gasteiger partial charge >= 0.3 is 12.0 Å². The van der Waals surface area contributed by atoms with Crippen LogP contribution in [0.4, 0.5) is 10.5 Å². The van der Waals surface area contributed by atoms with Crippen LogP contribution in [0, 0.1) is 0 Å². The molecule has 1 aliphatic rings. The summed E-state index contributed by atoms with van der Waals surface area (Å²) in [5.41, 5.74) is 0.516. The van der Waals surface area contributed by atoms with Crippen LogP contribution in [0.1, 0.15) is 0 Å². The Bertz CT molecular complexity index is 561. The Balaban J connectivity index is 2.24. The number of benzene rings is 1. The van der Waals surface area contributed by atoms with Crippen molar-refractivity contribution in [3.8, 4) is 5.75 Å². The Labute approximate surface area is 120 Å². The fraction of sp³-hybridized carbons (Fsp3) is 0.231. The molecular formula is C13H13ClN2O4. The van der Waals surface area contributed by atoms with Crippen LogP contribution in [-0.4, -0.2) is 36.3 Å². The molecule has 0 spiro atoms. The number of ether oxygens (including phenoxy) is 1. The number of anilines is 1. The fourth-order valence-corrected chi connectivity index (χ4v) is 1.89. The molecule has 0 saturated heterocycles. The van der Waals surface area contributed by atoms with E-state index in [2.05, 4.69) is 11.9 Å². The lowest BCUT2D eigenvalue weighted by atomic mass is 10.2. The monoisotopic (exact) mass is 296 g/mol. The minimum atomic E-state index is -1.13. The summed E-state index contributed by atoms with van der Waals surface area (Å²) >= 11 is 5.59. The number of carboxylic acid groups (broad SMARTS) is 1. The third kappa shape index (κ3) is 3.03. The van der Waals surface area contributed by atoms with Crippen molar-refractivity contribution in [2.45, 2.75) is 6.10 Å². The molecule has 1 aromatic carbocycles. The minimum Gasteiger partial charge on any atom is -0.478 e. The van der Waals surface area contributed by atoms with Crippen LogP contribution in [0.3, 0.4) is 0 Å². The summed E-state index contributed by atoms with van der Waals surface area (Å²) in [5.74, 6) is -0.773. The van der Waals surface area contributed by atoms with Crippen LogP contribution in [0.2, 0.25) is 0 Å². The second kappa shape index (κ2) is 5.83. The summed E-state index contributed by atoms with van der Waals surface area (Å²) in [6.45, 7) is 3.51. The summed E-state index contributed by atoms with van der Waals surface area (Å²) < 4.78 is 5.33. The molecule has 1 heterocycles. The van der Waals surface area contributed by atoms with Crippen molar-refractivity contribution in [3.63, 3.8) is 0 Å². The molecule has 20 heavy (non-hydrogen) atoms. The maximum Gasteiger partial charge on any atom is 0.346 e. The SMILES string of the molecule is C=C(Cl)CNC(=O)N1CC(C(=O)O)Oc2ccccc21. The summed E-state index contributed by atoms with van der Waals surface area (Å²) in [5, 5.41) is 11.9. The number of urea groups is 1. The van der Waals surface area contributed by atoms with E-state index in [4.69, 9.17) is 21.4 Å². The summed E-state index contributed by atoms with van der Waals surface area (Å²) in [6.07, 6.45) is -1.10. The van der Waals surface area contributed by atoms with Gasteiger partial charge in [-0.05, 0) is 12.1 Å². The predicted molar refractivity (Wildman–Crippen MR) is 74.2 cm³/mol. The van der Waals surface area contributed by atoms with E-state index in [1.165, 1.54) is 4.90 Å². The van der Waals surface area contributed by atoms with Gasteiger partial charge in [0, 0.05) is 5.03 Å². The summed E-state index contributed by atoms with van der Waals surface area (Å²) in [7, 11) is 0. The van der Waals surface area contributed by atoms with Crippen LogP contribution >= 0.6 is 11.6 Å². The molecule has 0 aliphatic carbocycles. The number of nitrogens with one attached hydrogen (secondary N) is 1. The van der Waals surface area contributed by atoms with Crippen molar-refractivity contribution >= 4 is 29.3 Å². The third-order valence-corrected chi connectivity index (χ3v) is 2.86. The smallest absolute Gasteiger partial charge is 0.346 e. The molecule has 0 fully saturated rings. The fourth-order valence-electron chi connectivity index (χ4n) is 1.82. The van der Waals surface area contributed by atoms with Crippen molar-refractivity contribution in [2.24, 2.45) is 0 Å². The number of carbonyl (C=O) groups is 2. The highest BCUT2D eigenvalue weighted by atomic mass is 35.5. The number of amides is 2. The molecule has 6 nitrogen and oxygen atoms in total. The Morgan fingerprint density at radius 1 is 1.50 bits per heavy atom. The number of nitrogens with zero attached hydrogens (tertiary/aromatic N) is 1. The van der Waals surface area contributed by atoms with E-state index < -0.39 is 18.1 Å². The van der Waals surface area contributed by atoms with Gasteiger partial charge in [-0.1, -0.05) is 30.3 Å². The van der Waals surface area contributed by atoms with Gasteiger partial charge in [-0.15, -0.1) is 0 Å². The van der Waals surface area contributed by atoms with Crippen molar-refractivity contribution < 1.29 is 19.4 Å². The summed E-state index contributed by atoms with van der Waals surface area (Å²) in [6, 6.07) is 6.30.